The van der Waals surface area contributed by atoms with E-state index in [2.05, 4.69) is 32.7 Å². The molecular formula is C20H21ClN4O. The van der Waals surface area contributed by atoms with Gasteiger partial charge in [0.15, 0.2) is 0 Å². The fourth-order valence-electron chi connectivity index (χ4n) is 2.59. The summed E-state index contributed by atoms with van der Waals surface area (Å²) >= 11 is 6.17. The monoisotopic (exact) mass is 368 g/mol. The molecule has 1 heterocycles. The van der Waals surface area contributed by atoms with Crippen LogP contribution in [0.2, 0.25) is 5.02 Å². The average Bonchev–Trinajstić information content (AvgIpc) is 2.62. The Balaban J connectivity index is 1.66. The lowest BCUT2D eigenvalue weighted by atomic mass is 10.1. The second-order valence-electron chi connectivity index (χ2n) is 5.82. The molecule has 3 aromatic rings. The summed E-state index contributed by atoms with van der Waals surface area (Å²) in [6.45, 7) is 2.67. The molecule has 6 heteroatoms. The third kappa shape index (κ3) is 4.86. The van der Waals surface area contributed by atoms with Crippen LogP contribution in [0.5, 0.6) is 5.75 Å². The maximum Gasteiger partial charge on any atom is 0.137 e. The van der Waals surface area contributed by atoms with Crippen molar-refractivity contribution in [2.75, 3.05) is 24.3 Å². The average molecular weight is 369 g/mol. The maximum atomic E-state index is 6.17. The third-order valence-corrected chi connectivity index (χ3v) is 4.12. The Morgan fingerprint density at radius 2 is 1.77 bits per heavy atom. The van der Waals surface area contributed by atoms with E-state index in [0.717, 1.165) is 24.5 Å². The number of anilines is 3. The van der Waals surface area contributed by atoms with E-state index in [1.54, 1.807) is 13.2 Å². The summed E-state index contributed by atoms with van der Waals surface area (Å²) in [6, 6.07) is 17.8. The number of benzene rings is 2. The highest BCUT2D eigenvalue weighted by Gasteiger charge is 2.05. The minimum atomic E-state index is 0.546. The van der Waals surface area contributed by atoms with E-state index in [-0.39, 0.29) is 0 Å². The predicted octanol–water partition coefficient (Wildman–Crippen LogP) is 4.85. The largest absolute Gasteiger partial charge is 0.495 e. The summed E-state index contributed by atoms with van der Waals surface area (Å²) in [5, 5.41) is 7.15. The van der Waals surface area contributed by atoms with Gasteiger partial charge in [0.05, 0.1) is 12.1 Å². The van der Waals surface area contributed by atoms with Gasteiger partial charge in [0, 0.05) is 18.3 Å². The molecule has 0 fully saturated rings. The van der Waals surface area contributed by atoms with Gasteiger partial charge in [-0.15, -0.1) is 0 Å². The van der Waals surface area contributed by atoms with E-state index >= 15 is 0 Å². The first-order valence-electron chi connectivity index (χ1n) is 8.38. The fourth-order valence-corrected chi connectivity index (χ4v) is 2.85. The van der Waals surface area contributed by atoms with Gasteiger partial charge in [-0.1, -0.05) is 41.9 Å². The lowest BCUT2D eigenvalue weighted by Gasteiger charge is -2.11. The smallest absolute Gasteiger partial charge is 0.137 e. The number of rotatable bonds is 7. The van der Waals surface area contributed by atoms with Gasteiger partial charge in [-0.05, 0) is 37.1 Å². The zero-order valence-corrected chi connectivity index (χ0v) is 15.5. The van der Waals surface area contributed by atoms with Crippen molar-refractivity contribution in [3.63, 3.8) is 0 Å². The van der Waals surface area contributed by atoms with Crippen LogP contribution in [0.4, 0.5) is 17.3 Å². The van der Waals surface area contributed by atoms with Gasteiger partial charge in [0.1, 0.15) is 23.2 Å². The topological polar surface area (TPSA) is 59.1 Å². The first kappa shape index (κ1) is 18.0. The molecule has 0 amide bonds. The van der Waals surface area contributed by atoms with Gasteiger partial charge >= 0.3 is 0 Å². The highest BCUT2D eigenvalue weighted by Crippen LogP contribution is 2.28. The molecule has 1 aromatic heterocycles. The molecule has 26 heavy (non-hydrogen) atoms. The van der Waals surface area contributed by atoms with Crippen molar-refractivity contribution in [1.29, 1.82) is 0 Å². The number of nitrogens with one attached hydrogen (secondary N) is 2. The third-order valence-electron chi connectivity index (χ3n) is 3.82. The van der Waals surface area contributed by atoms with Crippen molar-refractivity contribution in [2.24, 2.45) is 0 Å². The Bertz CT molecular complexity index is 871. The summed E-state index contributed by atoms with van der Waals surface area (Å²) in [6.07, 6.45) is 0.931. The van der Waals surface area contributed by atoms with Crippen LogP contribution < -0.4 is 15.4 Å². The minimum absolute atomic E-state index is 0.546. The fraction of sp³-hybridized carbons (Fsp3) is 0.200. The molecule has 5 nitrogen and oxygen atoms in total. The maximum absolute atomic E-state index is 6.17. The molecule has 0 aliphatic heterocycles. The molecule has 0 unspecified atom stereocenters. The standard InChI is InChI=1S/C20H21ClN4O/c1-14-23-19(22-11-10-15-6-4-3-5-7-15)13-20(24-14)25-16-8-9-18(26-2)17(21)12-16/h3-9,12-13H,10-11H2,1-2H3,(H2,22,23,24,25). The van der Waals surface area contributed by atoms with E-state index in [0.29, 0.717) is 22.4 Å². The van der Waals surface area contributed by atoms with Crippen LogP contribution >= 0.6 is 11.6 Å². The normalized spacial score (nSPS) is 10.4. The first-order chi connectivity index (χ1) is 12.6. The molecule has 0 spiro atoms. The van der Waals surface area contributed by atoms with Crippen molar-refractivity contribution in [3.05, 3.63) is 71.0 Å². The highest BCUT2D eigenvalue weighted by atomic mass is 35.5. The molecule has 134 valence electrons. The van der Waals surface area contributed by atoms with Gasteiger partial charge in [-0.2, -0.15) is 0 Å². The number of hydrogen-bond donors (Lipinski definition) is 2. The molecule has 2 N–H and O–H groups in total. The number of methoxy groups -OCH3 is 1. The minimum Gasteiger partial charge on any atom is -0.495 e. The van der Waals surface area contributed by atoms with Crippen molar-refractivity contribution in [1.82, 2.24) is 9.97 Å². The van der Waals surface area contributed by atoms with Gasteiger partial charge < -0.3 is 15.4 Å². The Hall–Kier alpha value is -2.79. The number of hydrogen-bond acceptors (Lipinski definition) is 5. The summed E-state index contributed by atoms with van der Waals surface area (Å²) < 4.78 is 5.17. The van der Waals surface area contributed by atoms with Crippen LogP contribution in [-0.2, 0) is 6.42 Å². The Morgan fingerprint density at radius 3 is 2.50 bits per heavy atom. The van der Waals surface area contributed by atoms with Gasteiger partial charge in [-0.3, -0.25) is 0 Å². The summed E-state index contributed by atoms with van der Waals surface area (Å²) in [5.74, 6) is 2.83. The molecule has 0 aliphatic carbocycles. The molecule has 0 radical (unpaired) electrons. The Morgan fingerprint density at radius 1 is 1.00 bits per heavy atom. The number of halogens is 1. The second-order valence-corrected chi connectivity index (χ2v) is 6.23. The van der Waals surface area contributed by atoms with Crippen molar-refractivity contribution >= 4 is 28.9 Å². The van der Waals surface area contributed by atoms with E-state index in [4.69, 9.17) is 16.3 Å². The van der Waals surface area contributed by atoms with Gasteiger partial charge in [-0.25, -0.2) is 9.97 Å². The van der Waals surface area contributed by atoms with E-state index in [1.165, 1.54) is 5.56 Å². The second kappa shape index (κ2) is 8.54. The zero-order chi connectivity index (χ0) is 18.4. The van der Waals surface area contributed by atoms with E-state index in [1.807, 2.05) is 43.3 Å². The van der Waals surface area contributed by atoms with Crippen LogP contribution in [0.25, 0.3) is 0 Å². The van der Waals surface area contributed by atoms with Crippen molar-refractivity contribution < 1.29 is 4.74 Å². The summed E-state index contributed by atoms with van der Waals surface area (Å²) in [7, 11) is 1.59. The molecule has 0 bridgehead atoms. The number of ether oxygens (including phenoxy) is 1. The SMILES string of the molecule is COc1ccc(Nc2cc(NCCc3ccccc3)nc(C)n2)cc1Cl. The molecule has 0 saturated carbocycles. The Kier molecular flexibility index (Phi) is 5.92. The quantitative estimate of drug-likeness (QED) is 0.624. The van der Waals surface area contributed by atoms with Crippen molar-refractivity contribution in [2.45, 2.75) is 13.3 Å². The lowest BCUT2D eigenvalue weighted by molar-refractivity contribution is 0.415. The highest BCUT2D eigenvalue weighted by molar-refractivity contribution is 6.32. The number of aromatic nitrogens is 2. The molecule has 3 rings (SSSR count). The zero-order valence-electron chi connectivity index (χ0n) is 14.8. The van der Waals surface area contributed by atoms with Crippen molar-refractivity contribution in [3.8, 4) is 5.75 Å². The molecular weight excluding hydrogens is 348 g/mol. The van der Waals surface area contributed by atoms with Crippen LogP contribution in [0.3, 0.4) is 0 Å². The Labute approximate surface area is 158 Å². The first-order valence-corrected chi connectivity index (χ1v) is 8.76. The molecule has 0 saturated heterocycles. The molecule has 0 atom stereocenters. The summed E-state index contributed by atoms with van der Waals surface area (Å²) in [5.41, 5.74) is 2.13. The van der Waals surface area contributed by atoms with E-state index in [9.17, 15) is 0 Å². The van der Waals surface area contributed by atoms with Crippen LogP contribution in [0, 0.1) is 6.92 Å². The number of nitrogens with zero attached hydrogens (tertiary/aromatic N) is 2. The van der Waals surface area contributed by atoms with E-state index < -0.39 is 0 Å². The lowest BCUT2D eigenvalue weighted by Crippen LogP contribution is -2.08. The van der Waals surface area contributed by atoms with Crippen LogP contribution in [0.15, 0.2) is 54.6 Å². The molecule has 0 aliphatic rings. The van der Waals surface area contributed by atoms with Gasteiger partial charge in [0.2, 0.25) is 0 Å². The van der Waals surface area contributed by atoms with Crippen LogP contribution in [-0.4, -0.2) is 23.6 Å². The van der Waals surface area contributed by atoms with Gasteiger partial charge in [0.25, 0.3) is 0 Å². The summed E-state index contributed by atoms with van der Waals surface area (Å²) in [4.78, 5) is 8.87. The van der Waals surface area contributed by atoms with Crippen LogP contribution in [0.1, 0.15) is 11.4 Å². The number of aryl methyl sites for hydroxylation is 1. The molecule has 2 aromatic carbocycles. The predicted molar refractivity (Wildman–Crippen MR) is 107 cm³/mol.